The Morgan fingerprint density at radius 2 is 2.05 bits per heavy atom. The topological polar surface area (TPSA) is 52.3 Å². The van der Waals surface area contributed by atoms with Gasteiger partial charge in [-0.25, -0.2) is 9.17 Å². The van der Waals surface area contributed by atoms with Crippen LogP contribution in [-0.2, 0) is 6.61 Å². The molecule has 0 atom stereocenters. The van der Waals surface area contributed by atoms with Crippen molar-refractivity contribution in [1.82, 2.24) is 4.37 Å². The van der Waals surface area contributed by atoms with Crippen LogP contribution in [0.2, 0.25) is 0 Å². The van der Waals surface area contributed by atoms with Gasteiger partial charge in [-0.1, -0.05) is 0 Å². The Kier molecular flexibility index (Phi) is 3.51. The molecular weight excluding hydrogens is 286 g/mol. The third kappa shape index (κ3) is 2.56. The maximum Gasteiger partial charge on any atom is 0.339 e. The number of fused-ring (bicyclic) bond motifs is 1. The highest BCUT2D eigenvalue weighted by Gasteiger charge is 2.09. The van der Waals surface area contributed by atoms with Crippen LogP contribution in [0.4, 0.5) is 0 Å². The van der Waals surface area contributed by atoms with Gasteiger partial charge in [-0.3, -0.25) is 0 Å². The molecule has 0 N–H and O–H groups in total. The quantitative estimate of drug-likeness (QED) is 0.691. The molecule has 0 saturated heterocycles. The third-order valence-corrected chi connectivity index (χ3v) is 4.52. The first kappa shape index (κ1) is 13.8. The van der Waals surface area contributed by atoms with Crippen molar-refractivity contribution in [2.75, 3.05) is 0 Å². The van der Waals surface area contributed by atoms with Crippen molar-refractivity contribution in [1.29, 1.82) is 0 Å². The van der Waals surface area contributed by atoms with Gasteiger partial charge in [-0.15, -0.1) is 0 Å². The Hall–Kier alpha value is -2.14. The zero-order valence-corrected chi connectivity index (χ0v) is 12.9. The van der Waals surface area contributed by atoms with Crippen molar-refractivity contribution in [2.24, 2.45) is 0 Å². The maximum absolute atomic E-state index is 11.7. The molecule has 0 saturated carbocycles. The molecule has 0 aliphatic heterocycles. The van der Waals surface area contributed by atoms with E-state index in [0.717, 1.165) is 21.4 Å². The van der Waals surface area contributed by atoms with Crippen LogP contribution in [0.25, 0.3) is 11.0 Å². The number of ether oxygens (including phenoxy) is 1. The molecule has 3 aromatic rings. The number of aromatic nitrogens is 1. The van der Waals surface area contributed by atoms with Crippen molar-refractivity contribution < 1.29 is 9.15 Å². The Morgan fingerprint density at radius 3 is 2.76 bits per heavy atom. The van der Waals surface area contributed by atoms with E-state index >= 15 is 0 Å². The normalized spacial score (nSPS) is 11.0. The number of nitrogens with zero attached hydrogens (tertiary/aromatic N) is 1. The van der Waals surface area contributed by atoms with Gasteiger partial charge in [0.15, 0.2) is 0 Å². The monoisotopic (exact) mass is 301 g/mol. The second-order valence-electron chi connectivity index (χ2n) is 5.02. The van der Waals surface area contributed by atoms with Crippen molar-refractivity contribution in [3.05, 3.63) is 56.4 Å². The van der Waals surface area contributed by atoms with Crippen LogP contribution in [0.1, 0.15) is 21.6 Å². The lowest BCUT2D eigenvalue weighted by Crippen LogP contribution is -2.05. The molecule has 3 rings (SSSR count). The zero-order valence-electron chi connectivity index (χ0n) is 12.1. The second-order valence-corrected chi connectivity index (χ2v) is 5.90. The SMILES string of the molecule is Cc1cnsc1COc1ccc2c(C)c(C)c(=O)oc2c1. The first-order chi connectivity index (χ1) is 10.1. The molecule has 0 fully saturated rings. The van der Waals surface area contributed by atoms with Crippen LogP contribution >= 0.6 is 11.5 Å². The van der Waals surface area contributed by atoms with E-state index in [2.05, 4.69) is 4.37 Å². The summed E-state index contributed by atoms with van der Waals surface area (Å²) in [4.78, 5) is 12.8. The Balaban J connectivity index is 1.93. The lowest BCUT2D eigenvalue weighted by molar-refractivity contribution is 0.309. The van der Waals surface area contributed by atoms with Gasteiger partial charge < -0.3 is 9.15 Å². The molecule has 5 heteroatoms. The van der Waals surface area contributed by atoms with Crippen molar-refractivity contribution >= 4 is 22.5 Å². The van der Waals surface area contributed by atoms with Crippen molar-refractivity contribution in [3.8, 4) is 5.75 Å². The van der Waals surface area contributed by atoms with Gasteiger partial charge in [-0.2, -0.15) is 0 Å². The number of aryl methyl sites for hydroxylation is 2. The fraction of sp³-hybridized carbons (Fsp3) is 0.250. The summed E-state index contributed by atoms with van der Waals surface area (Å²) in [6.45, 7) is 6.18. The van der Waals surface area contributed by atoms with Gasteiger partial charge in [0.25, 0.3) is 0 Å². The van der Waals surface area contributed by atoms with E-state index in [1.165, 1.54) is 11.5 Å². The predicted molar refractivity (Wildman–Crippen MR) is 83.1 cm³/mol. The van der Waals surface area contributed by atoms with Gasteiger partial charge in [0, 0.05) is 23.2 Å². The highest BCUT2D eigenvalue weighted by atomic mass is 32.1. The smallest absolute Gasteiger partial charge is 0.339 e. The van der Waals surface area contributed by atoms with E-state index in [4.69, 9.17) is 9.15 Å². The Labute approximate surface area is 126 Å². The lowest BCUT2D eigenvalue weighted by atomic mass is 10.1. The fourth-order valence-corrected chi connectivity index (χ4v) is 2.77. The summed E-state index contributed by atoms with van der Waals surface area (Å²) in [6, 6.07) is 5.58. The molecule has 4 nitrogen and oxygen atoms in total. The first-order valence-corrected chi connectivity index (χ1v) is 7.40. The van der Waals surface area contributed by atoms with E-state index in [0.29, 0.717) is 23.5 Å². The average molecular weight is 301 g/mol. The van der Waals surface area contributed by atoms with Crippen LogP contribution < -0.4 is 10.4 Å². The number of hydrogen-bond acceptors (Lipinski definition) is 5. The van der Waals surface area contributed by atoms with Crippen LogP contribution in [-0.4, -0.2) is 4.37 Å². The van der Waals surface area contributed by atoms with Gasteiger partial charge >= 0.3 is 5.63 Å². The van der Waals surface area contributed by atoms with Gasteiger partial charge in [-0.05, 0) is 55.6 Å². The van der Waals surface area contributed by atoms with Gasteiger partial charge in [0.2, 0.25) is 0 Å². The number of hydrogen-bond donors (Lipinski definition) is 0. The predicted octanol–water partition coefficient (Wildman–Crippen LogP) is 3.75. The standard InChI is InChI=1S/C16H15NO3S/c1-9-7-17-21-15(9)8-19-12-4-5-13-10(2)11(3)16(18)20-14(13)6-12/h4-7H,8H2,1-3H3. The molecule has 0 radical (unpaired) electrons. The van der Waals surface area contributed by atoms with E-state index in [-0.39, 0.29) is 5.63 Å². The summed E-state index contributed by atoms with van der Waals surface area (Å²) in [5.41, 5.74) is 2.98. The lowest BCUT2D eigenvalue weighted by Gasteiger charge is -2.08. The molecule has 2 heterocycles. The average Bonchev–Trinajstić information content (AvgIpc) is 2.88. The molecule has 0 spiro atoms. The molecule has 0 aliphatic rings. The van der Waals surface area contributed by atoms with Gasteiger partial charge in [0.1, 0.15) is 17.9 Å². The zero-order chi connectivity index (χ0) is 15.0. The summed E-state index contributed by atoms with van der Waals surface area (Å²) in [5, 5.41) is 0.938. The largest absolute Gasteiger partial charge is 0.488 e. The van der Waals surface area contributed by atoms with E-state index in [1.807, 2.05) is 32.2 Å². The molecule has 21 heavy (non-hydrogen) atoms. The number of rotatable bonds is 3. The summed E-state index contributed by atoms with van der Waals surface area (Å²) in [5.74, 6) is 0.682. The van der Waals surface area contributed by atoms with E-state index < -0.39 is 0 Å². The highest BCUT2D eigenvalue weighted by Crippen LogP contribution is 2.25. The van der Waals surface area contributed by atoms with E-state index in [1.54, 1.807) is 13.0 Å². The summed E-state index contributed by atoms with van der Waals surface area (Å²) in [6.07, 6.45) is 1.83. The summed E-state index contributed by atoms with van der Waals surface area (Å²) in [7, 11) is 0. The summed E-state index contributed by atoms with van der Waals surface area (Å²) >= 11 is 1.43. The molecular formula is C16H15NO3S. The number of benzene rings is 1. The maximum atomic E-state index is 11.7. The first-order valence-electron chi connectivity index (χ1n) is 6.63. The van der Waals surface area contributed by atoms with Crippen LogP contribution in [0.5, 0.6) is 5.75 Å². The molecule has 108 valence electrons. The minimum absolute atomic E-state index is 0.296. The Bertz CT molecular complexity index is 864. The molecule has 0 aliphatic carbocycles. The van der Waals surface area contributed by atoms with Crippen LogP contribution in [0.3, 0.4) is 0 Å². The minimum atomic E-state index is -0.296. The van der Waals surface area contributed by atoms with Gasteiger partial charge in [0.05, 0.1) is 4.88 Å². The summed E-state index contributed by atoms with van der Waals surface area (Å²) < 4.78 is 15.2. The molecule has 2 aromatic heterocycles. The van der Waals surface area contributed by atoms with E-state index in [9.17, 15) is 4.79 Å². The second kappa shape index (κ2) is 5.33. The Morgan fingerprint density at radius 1 is 1.24 bits per heavy atom. The fourth-order valence-electron chi connectivity index (χ4n) is 2.12. The molecule has 0 bridgehead atoms. The minimum Gasteiger partial charge on any atom is -0.488 e. The highest BCUT2D eigenvalue weighted by molar-refractivity contribution is 7.05. The molecule has 0 amide bonds. The molecule has 0 unspecified atom stereocenters. The third-order valence-electron chi connectivity index (χ3n) is 3.65. The van der Waals surface area contributed by atoms with Crippen LogP contribution in [0, 0.1) is 20.8 Å². The van der Waals surface area contributed by atoms with Crippen molar-refractivity contribution in [3.63, 3.8) is 0 Å². The van der Waals surface area contributed by atoms with Crippen LogP contribution in [0.15, 0.2) is 33.6 Å². The molecule has 1 aromatic carbocycles. The van der Waals surface area contributed by atoms with Crippen molar-refractivity contribution in [2.45, 2.75) is 27.4 Å².